The third-order valence-corrected chi connectivity index (χ3v) is 5.14. The summed E-state index contributed by atoms with van der Waals surface area (Å²) in [7, 11) is 1.53. The number of anilines is 2. The Hall–Kier alpha value is -3.00. The van der Waals surface area contributed by atoms with Crippen LogP contribution in [0.2, 0.25) is 0 Å². The normalized spacial score (nSPS) is 14.1. The molecule has 2 aromatic rings. The number of rotatable bonds is 5. The quantitative estimate of drug-likeness (QED) is 0.748. The van der Waals surface area contributed by atoms with Crippen molar-refractivity contribution in [3.05, 3.63) is 48.0 Å². The average molecular weight is 400 g/mol. The van der Waals surface area contributed by atoms with Crippen molar-refractivity contribution >= 4 is 40.9 Å². The van der Waals surface area contributed by atoms with Crippen molar-refractivity contribution in [1.29, 1.82) is 0 Å². The van der Waals surface area contributed by atoms with Gasteiger partial charge in [0, 0.05) is 28.8 Å². The number of carbonyl (C=O) groups is 3. The minimum atomic E-state index is -0.999. The van der Waals surface area contributed by atoms with Gasteiger partial charge in [-0.3, -0.25) is 9.59 Å². The zero-order chi connectivity index (χ0) is 20.1. The van der Waals surface area contributed by atoms with Crippen LogP contribution in [0.3, 0.4) is 0 Å². The molecule has 0 radical (unpaired) electrons. The van der Waals surface area contributed by atoms with Gasteiger partial charge in [0.2, 0.25) is 5.91 Å². The molecule has 0 spiro atoms. The monoisotopic (exact) mass is 400 g/mol. The molecule has 0 unspecified atom stereocenters. The van der Waals surface area contributed by atoms with E-state index in [-0.39, 0.29) is 11.5 Å². The van der Waals surface area contributed by atoms with Gasteiger partial charge < -0.3 is 20.1 Å². The minimum absolute atomic E-state index is 0.0946. The summed E-state index contributed by atoms with van der Waals surface area (Å²) in [5.41, 5.74) is 1.38. The van der Waals surface area contributed by atoms with Gasteiger partial charge >= 0.3 is 5.97 Å². The predicted molar refractivity (Wildman–Crippen MR) is 107 cm³/mol. The molecule has 0 aliphatic carbocycles. The van der Waals surface area contributed by atoms with Gasteiger partial charge in [-0.2, -0.15) is 0 Å². The summed E-state index contributed by atoms with van der Waals surface area (Å²) in [5, 5.41) is 5.46. The van der Waals surface area contributed by atoms with Crippen molar-refractivity contribution in [3.63, 3.8) is 0 Å². The number of ether oxygens (including phenoxy) is 2. The van der Waals surface area contributed by atoms with Crippen molar-refractivity contribution in [2.75, 3.05) is 23.5 Å². The molecule has 2 N–H and O–H groups in total. The SMILES string of the molecule is COc1cccc(NC(=O)[C@@H](C)OC(=O)c2ccc3c(c2)NC(=O)CCS3)c1. The molecule has 7 nitrogen and oxygen atoms in total. The number of amides is 2. The Morgan fingerprint density at radius 1 is 1.21 bits per heavy atom. The molecule has 2 aromatic carbocycles. The Balaban J connectivity index is 1.65. The van der Waals surface area contributed by atoms with Gasteiger partial charge in [0.1, 0.15) is 5.75 Å². The van der Waals surface area contributed by atoms with E-state index in [1.807, 2.05) is 0 Å². The Kier molecular flexibility index (Phi) is 6.20. The predicted octanol–water partition coefficient (Wildman–Crippen LogP) is 3.31. The molecule has 0 aromatic heterocycles. The highest BCUT2D eigenvalue weighted by molar-refractivity contribution is 7.99. The molecule has 1 heterocycles. The maximum absolute atomic E-state index is 12.4. The van der Waals surface area contributed by atoms with Gasteiger partial charge in [-0.25, -0.2) is 4.79 Å². The van der Waals surface area contributed by atoms with Crippen LogP contribution in [0.1, 0.15) is 23.7 Å². The molecular formula is C20H20N2O5S. The maximum atomic E-state index is 12.4. The fourth-order valence-corrected chi connectivity index (χ4v) is 3.51. The van der Waals surface area contributed by atoms with E-state index in [2.05, 4.69) is 10.6 Å². The lowest BCUT2D eigenvalue weighted by Crippen LogP contribution is -2.30. The molecule has 0 fully saturated rings. The third kappa shape index (κ3) is 4.83. The molecule has 0 saturated heterocycles. The molecule has 1 aliphatic heterocycles. The van der Waals surface area contributed by atoms with Gasteiger partial charge in [-0.15, -0.1) is 11.8 Å². The van der Waals surface area contributed by atoms with Crippen molar-refractivity contribution < 1.29 is 23.9 Å². The molecule has 1 atom stereocenters. The van der Waals surface area contributed by atoms with Gasteiger partial charge in [0.15, 0.2) is 6.10 Å². The van der Waals surface area contributed by atoms with E-state index in [1.165, 1.54) is 14.0 Å². The van der Waals surface area contributed by atoms with E-state index in [9.17, 15) is 14.4 Å². The standard InChI is InChI=1S/C20H20N2O5S/c1-12(19(24)21-14-4-3-5-15(11-14)26-2)27-20(25)13-6-7-17-16(10-13)22-18(23)8-9-28-17/h3-7,10-12H,8-9H2,1-2H3,(H,21,24)(H,22,23)/t12-/m1/s1. The molecule has 0 bridgehead atoms. The number of benzene rings is 2. The summed E-state index contributed by atoms with van der Waals surface area (Å²) < 4.78 is 10.4. The Morgan fingerprint density at radius 3 is 2.82 bits per heavy atom. The van der Waals surface area contributed by atoms with Crippen LogP contribution >= 0.6 is 11.8 Å². The van der Waals surface area contributed by atoms with Crippen molar-refractivity contribution in [3.8, 4) is 5.75 Å². The smallest absolute Gasteiger partial charge is 0.338 e. The van der Waals surface area contributed by atoms with Gasteiger partial charge in [0.25, 0.3) is 5.91 Å². The first-order valence-electron chi connectivity index (χ1n) is 8.69. The highest BCUT2D eigenvalue weighted by Crippen LogP contribution is 2.31. The second-order valence-electron chi connectivity index (χ2n) is 6.13. The van der Waals surface area contributed by atoms with Crippen molar-refractivity contribution in [1.82, 2.24) is 0 Å². The topological polar surface area (TPSA) is 93.7 Å². The molecule has 1 aliphatic rings. The summed E-state index contributed by atoms with van der Waals surface area (Å²) in [6, 6.07) is 11.8. The number of esters is 1. The van der Waals surface area contributed by atoms with Crippen LogP contribution in [0.5, 0.6) is 5.75 Å². The molecule has 3 rings (SSSR count). The number of methoxy groups -OCH3 is 1. The minimum Gasteiger partial charge on any atom is -0.497 e. The zero-order valence-electron chi connectivity index (χ0n) is 15.5. The van der Waals surface area contributed by atoms with E-state index in [0.717, 1.165) is 4.90 Å². The van der Waals surface area contributed by atoms with Crippen LogP contribution in [-0.2, 0) is 14.3 Å². The first-order chi connectivity index (χ1) is 13.5. The van der Waals surface area contributed by atoms with E-state index in [1.54, 1.807) is 54.2 Å². The van der Waals surface area contributed by atoms with Crippen LogP contribution in [0.25, 0.3) is 0 Å². The number of thioether (sulfide) groups is 1. The first kappa shape index (κ1) is 19.8. The first-order valence-corrected chi connectivity index (χ1v) is 9.67. The maximum Gasteiger partial charge on any atom is 0.338 e. The highest BCUT2D eigenvalue weighted by Gasteiger charge is 2.21. The second-order valence-corrected chi connectivity index (χ2v) is 7.26. The van der Waals surface area contributed by atoms with Crippen molar-refractivity contribution in [2.24, 2.45) is 0 Å². The van der Waals surface area contributed by atoms with E-state index in [0.29, 0.717) is 29.3 Å². The largest absolute Gasteiger partial charge is 0.497 e. The average Bonchev–Trinajstić information content (AvgIpc) is 2.87. The number of nitrogens with one attached hydrogen (secondary N) is 2. The Labute approximate surface area is 166 Å². The van der Waals surface area contributed by atoms with Gasteiger partial charge in [0.05, 0.1) is 18.4 Å². The fraction of sp³-hybridized carbons (Fsp3) is 0.250. The third-order valence-electron chi connectivity index (χ3n) is 4.07. The summed E-state index contributed by atoms with van der Waals surface area (Å²) in [6.45, 7) is 1.49. The summed E-state index contributed by atoms with van der Waals surface area (Å²) in [5.74, 6) is 0.0966. The Bertz CT molecular complexity index is 915. The molecular weight excluding hydrogens is 380 g/mol. The van der Waals surface area contributed by atoms with Crippen LogP contribution in [0, 0.1) is 0 Å². The van der Waals surface area contributed by atoms with Crippen LogP contribution in [-0.4, -0.2) is 36.8 Å². The lowest BCUT2D eigenvalue weighted by Gasteiger charge is -2.15. The van der Waals surface area contributed by atoms with Gasteiger partial charge in [-0.05, 0) is 37.3 Å². The highest BCUT2D eigenvalue weighted by atomic mass is 32.2. The van der Waals surface area contributed by atoms with E-state index >= 15 is 0 Å². The molecule has 146 valence electrons. The molecule has 2 amide bonds. The van der Waals surface area contributed by atoms with Crippen LogP contribution < -0.4 is 15.4 Å². The number of carbonyl (C=O) groups excluding carboxylic acids is 3. The lowest BCUT2D eigenvalue weighted by atomic mass is 10.2. The molecule has 8 heteroatoms. The van der Waals surface area contributed by atoms with E-state index < -0.39 is 18.0 Å². The number of hydrogen-bond acceptors (Lipinski definition) is 6. The fourth-order valence-electron chi connectivity index (χ4n) is 2.57. The number of fused-ring (bicyclic) bond motifs is 1. The summed E-state index contributed by atoms with van der Waals surface area (Å²) in [6.07, 6.45) is -0.581. The summed E-state index contributed by atoms with van der Waals surface area (Å²) in [4.78, 5) is 37.3. The van der Waals surface area contributed by atoms with Crippen molar-refractivity contribution in [2.45, 2.75) is 24.3 Å². The Morgan fingerprint density at radius 2 is 2.04 bits per heavy atom. The number of hydrogen-bond donors (Lipinski definition) is 2. The summed E-state index contributed by atoms with van der Waals surface area (Å²) >= 11 is 1.55. The van der Waals surface area contributed by atoms with Crippen LogP contribution in [0.15, 0.2) is 47.4 Å². The van der Waals surface area contributed by atoms with E-state index in [4.69, 9.17) is 9.47 Å². The second kappa shape index (κ2) is 8.79. The molecule has 28 heavy (non-hydrogen) atoms. The lowest BCUT2D eigenvalue weighted by molar-refractivity contribution is -0.123. The van der Waals surface area contributed by atoms with Crippen LogP contribution in [0.4, 0.5) is 11.4 Å². The zero-order valence-corrected chi connectivity index (χ0v) is 16.3. The van der Waals surface area contributed by atoms with Gasteiger partial charge in [-0.1, -0.05) is 6.07 Å². The molecule has 0 saturated carbocycles.